The molecule has 0 unspecified atom stereocenters. The molecule has 0 aromatic rings. The predicted molar refractivity (Wildman–Crippen MR) is 153 cm³/mol. The summed E-state index contributed by atoms with van der Waals surface area (Å²) in [6, 6.07) is -2.08. The first-order valence-electron chi connectivity index (χ1n) is 13.8. The Balaban J connectivity index is 3.30. The molecule has 14 nitrogen and oxygen atoms in total. The molecule has 0 aliphatic carbocycles. The van der Waals surface area contributed by atoms with Gasteiger partial charge in [-0.05, 0) is 45.4 Å². The van der Waals surface area contributed by atoms with E-state index in [4.69, 9.17) is 29.2 Å². The first kappa shape index (κ1) is 37.0. The number of nitrogens with zero attached hydrogens (tertiary/aromatic N) is 1. The zero-order chi connectivity index (χ0) is 31.4. The second-order valence-corrected chi connectivity index (χ2v) is 12.6. The number of ether oxygens (including phenoxy) is 4. The maximum atomic E-state index is 14.3. The summed E-state index contributed by atoms with van der Waals surface area (Å²) in [6.07, 6.45) is -0.767. The highest BCUT2D eigenvalue weighted by atomic mass is 31.2. The lowest BCUT2D eigenvalue weighted by atomic mass is 9.97. The molecule has 238 valence electrons. The number of hydrogen-bond donors (Lipinski definition) is 5. The van der Waals surface area contributed by atoms with Crippen LogP contribution in [0, 0.1) is 11.8 Å². The van der Waals surface area contributed by atoms with Crippen molar-refractivity contribution in [2.45, 2.75) is 97.4 Å². The Bertz CT molecular complexity index is 905. The van der Waals surface area contributed by atoms with Crippen LogP contribution in [-0.4, -0.2) is 91.4 Å². The second-order valence-electron chi connectivity index (χ2n) is 10.7. The third-order valence-corrected chi connectivity index (χ3v) is 7.90. The maximum Gasteiger partial charge on any atom is 0.342 e. The van der Waals surface area contributed by atoms with E-state index in [-0.39, 0.29) is 43.8 Å². The van der Waals surface area contributed by atoms with E-state index in [0.717, 1.165) is 0 Å². The number of carbonyl (C=O) groups is 2. The van der Waals surface area contributed by atoms with Crippen molar-refractivity contribution in [1.29, 1.82) is 0 Å². The number of allylic oxidation sites excluding steroid dienone is 1. The molecular weight excluding hydrogens is 559 g/mol. The molecule has 6 atom stereocenters. The van der Waals surface area contributed by atoms with E-state index < -0.39 is 62.3 Å². The first-order chi connectivity index (χ1) is 19.1. The minimum Gasteiger partial charge on any atom is -0.483 e. The number of esters is 2. The van der Waals surface area contributed by atoms with Crippen LogP contribution in [0.3, 0.4) is 0 Å². The quantitative estimate of drug-likeness (QED) is 0.0651. The molecule has 0 spiro atoms. The van der Waals surface area contributed by atoms with Gasteiger partial charge in [-0.25, -0.2) is 10.2 Å². The zero-order valence-electron chi connectivity index (χ0n) is 25.4. The molecule has 1 rings (SSSR count). The molecule has 1 aliphatic rings. The third-order valence-electron chi connectivity index (χ3n) is 6.08. The molecule has 0 bridgehead atoms. The molecule has 0 amide bonds. The first-order valence-corrected chi connectivity index (χ1v) is 15.4. The fraction of sp³-hybridized carbons (Fsp3) is 0.808. The lowest BCUT2D eigenvalue weighted by molar-refractivity contribution is -0.146. The highest BCUT2D eigenvalue weighted by Crippen LogP contribution is 2.42. The lowest BCUT2D eigenvalue weighted by Gasteiger charge is -2.30. The minimum atomic E-state index is -4.23. The normalized spacial score (nSPS) is 25.1. The average Bonchev–Trinajstić information content (AvgIpc) is 3.09. The number of carbonyl (C=O) groups excluding carboxylic acids is 2. The van der Waals surface area contributed by atoms with Crippen LogP contribution in [-0.2, 0) is 37.6 Å². The van der Waals surface area contributed by atoms with Gasteiger partial charge in [0.15, 0.2) is 12.1 Å². The van der Waals surface area contributed by atoms with Gasteiger partial charge >= 0.3 is 19.6 Å². The van der Waals surface area contributed by atoms with Crippen molar-refractivity contribution in [2.24, 2.45) is 22.6 Å². The van der Waals surface area contributed by atoms with Gasteiger partial charge in [0.2, 0.25) is 0 Å². The highest BCUT2D eigenvalue weighted by Gasteiger charge is 2.53. The fourth-order valence-corrected chi connectivity index (χ4v) is 5.83. The molecule has 0 aromatic heterocycles. The number of methoxy groups -OCH3 is 1. The lowest BCUT2D eigenvalue weighted by Crippen LogP contribution is -2.47. The monoisotopic (exact) mass is 608 g/mol. The van der Waals surface area contributed by atoms with Crippen molar-refractivity contribution in [3.05, 3.63) is 12.0 Å². The maximum absolute atomic E-state index is 14.3. The standard InChI is InChI=1S/C26H49N4O10P/c1-9-37-23(32)18(13-16(3)4)29-41(35,30-19(14-17(5)6)24(33)38-10-2)39-15-20-22(31)26(7,34)25(40-20)28-12-11-21(27)36-8/h11-12,16-20,22,25,31,34H,9-10,13-15,27H2,1-8H3,(H2,29,30,35)/t18-,19-,20+,22+,25+,26+/m0/s1. The van der Waals surface area contributed by atoms with E-state index in [0.29, 0.717) is 0 Å². The van der Waals surface area contributed by atoms with Gasteiger partial charge < -0.3 is 39.4 Å². The molecule has 1 heterocycles. The Kier molecular flexibility index (Phi) is 15.5. The van der Waals surface area contributed by atoms with Crippen LogP contribution in [0.15, 0.2) is 17.0 Å². The van der Waals surface area contributed by atoms with Crippen molar-refractivity contribution in [1.82, 2.24) is 10.2 Å². The molecule has 0 radical (unpaired) electrons. The third kappa shape index (κ3) is 12.0. The summed E-state index contributed by atoms with van der Waals surface area (Å²) < 4.78 is 40.9. The smallest absolute Gasteiger partial charge is 0.342 e. The second kappa shape index (κ2) is 17.2. The highest BCUT2D eigenvalue weighted by molar-refractivity contribution is 7.54. The summed E-state index contributed by atoms with van der Waals surface area (Å²) in [5.41, 5.74) is 3.73. The predicted octanol–water partition coefficient (Wildman–Crippen LogP) is 1.60. The van der Waals surface area contributed by atoms with Crippen LogP contribution in [0.2, 0.25) is 0 Å². The summed E-state index contributed by atoms with van der Waals surface area (Å²) in [6.45, 7) is 11.9. The Hall–Kier alpha value is -2.06. The largest absolute Gasteiger partial charge is 0.483 e. The number of aliphatic imine (C=N–C) groups is 1. The summed E-state index contributed by atoms with van der Waals surface area (Å²) in [4.78, 5) is 29.6. The van der Waals surface area contributed by atoms with Gasteiger partial charge in [-0.2, -0.15) is 0 Å². The van der Waals surface area contributed by atoms with E-state index >= 15 is 0 Å². The summed E-state index contributed by atoms with van der Waals surface area (Å²) in [5.74, 6) is -1.18. The molecule has 41 heavy (non-hydrogen) atoms. The van der Waals surface area contributed by atoms with Crippen molar-refractivity contribution in [3.63, 3.8) is 0 Å². The summed E-state index contributed by atoms with van der Waals surface area (Å²) >= 11 is 0. The molecule has 1 saturated heterocycles. The zero-order valence-corrected chi connectivity index (χ0v) is 26.3. The van der Waals surface area contributed by atoms with E-state index in [1.165, 1.54) is 26.3 Å². The molecule has 0 saturated carbocycles. The van der Waals surface area contributed by atoms with Crippen LogP contribution in [0.4, 0.5) is 0 Å². The van der Waals surface area contributed by atoms with Crippen molar-refractivity contribution in [3.8, 4) is 0 Å². The minimum absolute atomic E-state index is 0.0109. The van der Waals surface area contributed by atoms with E-state index in [2.05, 4.69) is 15.2 Å². The number of rotatable bonds is 18. The van der Waals surface area contributed by atoms with Gasteiger partial charge in [0.1, 0.15) is 29.9 Å². The molecule has 1 aliphatic heterocycles. The fourth-order valence-electron chi connectivity index (χ4n) is 4.01. The summed E-state index contributed by atoms with van der Waals surface area (Å²) in [7, 11) is -2.86. The Morgan fingerprint density at radius 1 is 1.07 bits per heavy atom. The number of hydrogen-bond acceptors (Lipinski definition) is 12. The number of aliphatic hydroxyl groups excluding tert-OH is 1. The topological polar surface area (TPSA) is 200 Å². The Labute approximate surface area is 242 Å². The average molecular weight is 609 g/mol. The number of aliphatic hydroxyl groups is 2. The van der Waals surface area contributed by atoms with Gasteiger partial charge in [0.05, 0.1) is 26.9 Å². The molecule has 6 N–H and O–H groups in total. The summed E-state index contributed by atoms with van der Waals surface area (Å²) in [5, 5.41) is 27.1. The van der Waals surface area contributed by atoms with E-state index in [1.54, 1.807) is 13.8 Å². The van der Waals surface area contributed by atoms with Crippen LogP contribution in [0.1, 0.15) is 61.3 Å². The van der Waals surface area contributed by atoms with Crippen molar-refractivity contribution >= 4 is 25.8 Å². The molecular formula is C26H49N4O10P. The van der Waals surface area contributed by atoms with E-state index in [9.17, 15) is 24.4 Å². The molecule has 1 fully saturated rings. The van der Waals surface area contributed by atoms with E-state index in [1.807, 2.05) is 27.7 Å². The van der Waals surface area contributed by atoms with Crippen LogP contribution >= 0.6 is 7.67 Å². The van der Waals surface area contributed by atoms with Gasteiger partial charge in [0.25, 0.3) is 0 Å². The van der Waals surface area contributed by atoms with Gasteiger partial charge in [-0.1, -0.05) is 27.7 Å². The van der Waals surface area contributed by atoms with Crippen LogP contribution in [0.5, 0.6) is 0 Å². The van der Waals surface area contributed by atoms with Crippen molar-refractivity contribution < 1.29 is 47.8 Å². The van der Waals surface area contributed by atoms with Gasteiger partial charge in [0, 0.05) is 12.3 Å². The van der Waals surface area contributed by atoms with Crippen molar-refractivity contribution in [2.75, 3.05) is 26.9 Å². The van der Waals surface area contributed by atoms with Gasteiger partial charge in [-0.3, -0.25) is 19.1 Å². The van der Waals surface area contributed by atoms with Crippen LogP contribution < -0.4 is 15.9 Å². The Morgan fingerprint density at radius 2 is 1.56 bits per heavy atom. The molecule has 0 aromatic carbocycles. The number of nitrogens with one attached hydrogen (secondary N) is 2. The SMILES string of the molecule is CCOC(=O)[C@H](CC(C)C)NP(=O)(N[C@@H](CC(C)C)C(=O)OCC)OC[C@H]1O[C@@H](N=CC=C(N)OC)[C@](C)(O)[C@@H]1O. The molecule has 15 heteroatoms. The van der Waals surface area contributed by atoms with Gasteiger partial charge in [-0.15, -0.1) is 0 Å². The Morgan fingerprint density at radius 3 is 1.98 bits per heavy atom. The number of nitrogens with two attached hydrogens (primary N) is 1. The van der Waals surface area contributed by atoms with Crippen LogP contribution in [0.25, 0.3) is 0 Å².